The number of hydrogen-bond donors (Lipinski definition) is 1. The van der Waals surface area contributed by atoms with Gasteiger partial charge in [0.05, 0.1) is 6.42 Å². The van der Waals surface area contributed by atoms with E-state index in [2.05, 4.69) is 5.32 Å². The molecule has 0 bridgehead atoms. The highest BCUT2D eigenvalue weighted by Crippen LogP contribution is 2.31. The van der Waals surface area contributed by atoms with Gasteiger partial charge in [-0.05, 0) is 55.2 Å². The summed E-state index contributed by atoms with van der Waals surface area (Å²) in [5.41, 5.74) is 0.770. The summed E-state index contributed by atoms with van der Waals surface area (Å²) >= 11 is 5.74. The molecule has 4 rings (SSSR count). The van der Waals surface area contributed by atoms with Gasteiger partial charge in [-0.2, -0.15) is 0 Å². The lowest BCUT2D eigenvalue weighted by Gasteiger charge is -2.27. The Morgan fingerprint density at radius 2 is 2.00 bits per heavy atom. The van der Waals surface area contributed by atoms with Gasteiger partial charge in [0.2, 0.25) is 5.91 Å². The molecule has 3 aromatic rings. The van der Waals surface area contributed by atoms with Gasteiger partial charge in [-0.1, -0.05) is 23.7 Å². The van der Waals surface area contributed by atoms with Crippen LogP contribution < -0.4 is 10.9 Å². The topological polar surface area (TPSA) is 51.1 Å². The Hall–Kier alpha value is -2.66. The molecule has 27 heavy (non-hydrogen) atoms. The van der Waals surface area contributed by atoms with Crippen LogP contribution in [0.15, 0.2) is 53.5 Å². The Balaban J connectivity index is 1.61. The number of pyridine rings is 1. The summed E-state index contributed by atoms with van der Waals surface area (Å²) in [4.78, 5) is 25.1. The zero-order valence-electron chi connectivity index (χ0n) is 14.5. The van der Waals surface area contributed by atoms with Crippen molar-refractivity contribution in [1.82, 2.24) is 4.57 Å². The first-order valence-corrected chi connectivity index (χ1v) is 9.28. The molecule has 0 spiro atoms. The maximum absolute atomic E-state index is 13.9. The lowest BCUT2D eigenvalue weighted by Crippen LogP contribution is -2.28. The van der Waals surface area contributed by atoms with E-state index in [9.17, 15) is 14.0 Å². The summed E-state index contributed by atoms with van der Waals surface area (Å²) in [6.45, 7) is 0. The van der Waals surface area contributed by atoms with Crippen molar-refractivity contribution in [2.45, 2.75) is 31.7 Å². The number of nitrogens with one attached hydrogen (secondary N) is 1. The highest BCUT2D eigenvalue weighted by molar-refractivity contribution is 6.30. The number of carbonyl (C=O) groups is 1. The standard InChI is InChI=1S/C21H18ClFN2O2/c22-14-8-7-13(18(23)12-14)11-20(26)24-19-6-2-5-17-16(19)9-10-25(21(17)27)15-3-1-4-15/h2,5-10,12,15H,1,3-4,11H2,(H,24,26). The summed E-state index contributed by atoms with van der Waals surface area (Å²) in [6, 6.07) is 11.6. The Morgan fingerprint density at radius 1 is 1.19 bits per heavy atom. The van der Waals surface area contributed by atoms with Crippen LogP contribution in [0.25, 0.3) is 10.8 Å². The monoisotopic (exact) mass is 384 g/mol. The first-order chi connectivity index (χ1) is 13.0. The van der Waals surface area contributed by atoms with Crippen molar-refractivity contribution in [2.24, 2.45) is 0 Å². The Labute approximate surface area is 160 Å². The summed E-state index contributed by atoms with van der Waals surface area (Å²) in [5.74, 6) is -0.870. The smallest absolute Gasteiger partial charge is 0.258 e. The molecule has 0 radical (unpaired) electrons. The van der Waals surface area contributed by atoms with Crippen molar-refractivity contribution >= 4 is 34.0 Å². The summed E-state index contributed by atoms with van der Waals surface area (Å²) in [5, 5.41) is 4.33. The number of benzene rings is 2. The molecular formula is C21H18ClFN2O2. The molecule has 4 nitrogen and oxygen atoms in total. The molecule has 0 atom stereocenters. The number of anilines is 1. The van der Waals surface area contributed by atoms with Gasteiger partial charge in [-0.25, -0.2) is 4.39 Å². The number of rotatable bonds is 4. The minimum absolute atomic E-state index is 0.0444. The Kier molecular flexibility index (Phi) is 4.70. The van der Waals surface area contributed by atoms with Gasteiger partial charge in [0.15, 0.2) is 0 Å². The second kappa shape index (κ2) is 7.16. The molecule has 1 aromatic heterocycles. The average Bonchev–Trinajstić information content (AvgIpc) is 2.59. The fourth-order valence-corrected chi connectivity index (χ4v) is 3.55. The van der Waals surface area contributed by atoms with E-state index >= 15 is 0 Å². The molecule has 138 valence electrons. The third kappa shape index (κ3) is 3.47. The minimum atomic E-state index is -0.515. The van der Waals surface area contributed by atoms with Crippen LogP contribution in [0.5, 0.6) is 0 Å². The van der Waals surface area contributed by atoms with E-state index in [4.69, 9.17) is 11.6 Å². The van der Waals surface area contributed by atoms with Gasteiger partial charge in [0.1, 0.15) is 5.82 Å². The van der Waals surface area contributed by atoms with E-state index in [0.717, 1.165) is 19.3 Å². The molecule has 1 N–H and O–H groups in total. The van der Waals surface area contributed by atoms with Crippen LogP contribution in [-0.2, 0) is 11.2 Å². The predicted molar refractivity (Wildman–Crippen MR) is 105 cm³/mol. The molecule has 1 aliphatic rings. The van der Waals surface area contributed by atoms with E-state index in [-0.39, 0.29) is 34.5 Å². The van der Waals surface area contributed by atoms with Gasteiger partial charge >= 0.3 is 0 Å². The molecule has 1 heterocycles. The highest BCUT2D eigenvalue weighted by Gasteiger charge is 2.21. The third-order valence-corrected chi connectivity index (χ3v) is 5.32. The molecule has 1 amide bonds. The Morgan fingerprint density at radius 3 is 2.70 bits per heavy atom. The second-order valence-electron chi connectivity index (χ2n) is 6.84. The van der Waals surface area contributed by atoms with E-state index in [1.807, 2.05) is 6.07 Å². The minimum Gasteiger partial charge on any atom is -0.325 e. The molecule has 0 saturated heterocycles. The van der Waals surface area contributed by atoms with Crippen LogP contribution in [0, 0.1) is 5.82 Å². The first-order valence-electron chi connectivity index (χ1n) is 8.90. The Bertz CT molecular complexity index is 1090. The van der Waals surface area contributed by atoms with Crippen molar-refractivity contribution < 1.29 is 9.18 Å². The first kappa shape index (κ1) is 17.7. The van der Waals surface area contributed by atoms with Gasteiger partial charge in [-0.3, -0.25) is 9.59 Å². The van der Waals surface area contributed by atoms with Crippen molar-refractivity contribution in [3.05, 3.63) is 75.4 Å². The summed E-state index contributed by atoms with van der Waals surface area (Å²) in [6.07, 6.45) is 4.87. The van der Waals surface area contributed by atoms with Crippen LogP contribution in [0.3, 0.4) is 0 Å². The van der Waals surface area contributed by atoms with Crippen molar-refractivity contribution in [3.8, 4) is 0 Å². The van der Waals surface area contributed by atoms with Gasteiger partial charge < -0.3 is 9.88 Å². The molecule has 1 fully saturated rings. The van der Waals surface area contributed by atoms with E-state index < -0.39 is 5.82 Å². The molecule has 0 unspecified atom stereocenters. The van der Waals surface area contributed by atoms with E-state index in [1.165, 1.54) is 12.1 Å². The molecule has 0 aliphatic heterocycles. The molecule has 6 heteroatoms. The maximum Gasteiger partial charge on any atom is 0.258 e. The SMILES string of the molecule is O=C(Cc1ccc(Cl)cc1F)Nc1cccc2c(=O)n(C3CCC3)ccc12. The molecular weight excluding hydrogens is 367 g/mol. The number of amides is 1. The van der Waals surface area contributed by atoms with Crippen LogP contribution in [-0.4, -0.2) is 10.5 Å². The second-order valence-corrected chi connectivity index (χ2v) is 7.28. The van der Waals surface area contributed by atoms with Crippen LogP contribution in [0.2, 0.25) is 5.02 Å². The van der Waals surface area contributed by atoms with Crippen LogP contribution in [0.4, 0.5) is 10.1 Å². The van der Waals surface area contributed by atoms with Gasteiger partial charge in [0.25, 0.3) is 5.56 Å². The molecule has 2 aromatic carbocycles. The van der Waals surface area contributed by atoms with E-state index in [0.29, 0.717) is 16.5 Å². The zero-order valence-corrected chi connectivity index (χ0v) is 15.3. The zero-order chi connectivity index (χ0) is 19.0. The normalized spacial score (nSPS) is 14.1. The predicted octanol–water partition coefficient (Wildman–Crippen LogP) is 4.70. The summed E-state index contributed by atoms with van der Waals surface area (Å²) in [7, 11) is 0. The third-order valence-electron chi connectivity index (χ3n) is 5.08. The number of nitrogens with zero attached hydrogens (tertiary/aromatic N) is 1. The van der Waals surface area contributed by atoms with Crippen LogP contribution in [0.1, 0.15) is 30.9 Å². The fourth-order valence-electron chi connectivity index (χ4n) is 3.39. The van der Waals surface area contributed by atoms with Crippen molar-refractivity contribution in [1.29, 1.82) is 0 Å². The van der Waals surface area contributed by atoms with Gasteiger partial charge in [-0.15, -0.1) is 0 Å². The molecule has 1 aliphatic carbocycles. The fraction of sp³-hybridized carbons (Fsp3) is 0.238. The number of halogens is 2. The molecule has 1 saturated carbocycles. The number of fused-ring (bicyclic) bond motifs is 1. The van der Waals surface area contributed by atoms with Crippen molar-refractivity contribution in [3.63, 3.8) is 0 Å². The highest BCUT2D eigenvalue weighted by atomic mass is 35.5. The lowest BCUT2D eigenvalue weighted by molar-refractivity contribution is -0.115. The number of aromatic nitrogens is 1. The number of carbonyl (C=O) groups excluding carboxylic acids is 1. The largest absolute Gasteiger partial charge is 0.325 e. The summed E-state index contributed by atoms with van der Waals surface area (Å²) < 4.78 is 15.7. The van der Waals surface area contributed by atoms with E-state index in [1.54, 1.807) is 35.0 Å². The average molecular weight is 385 g/mol. The van der Waals surface area contributed by atoms with Crippen molar-refractivity contribution in [2.75, 3.05) is 5.32 Å². The quantitative estimate of drug-likeness (QED) is 0.708. The number of hydrogen-bond acceptors (Lipinski definition) is 2. The van der Waals surface area contributed by atoms with Crippen LogP contribution >= 0.6 is 11.6 Å². The lowest BCUT2D eigenvalue weighted by atomic mass is 9.92. The van der Waals surface area contributed by atoms with Gasteiger partial charge in [0, 0.05) is 33.7 Å². The maximum atomic E-state index is 13.9.